The fourth-order valence-electron chi connectivity index (χ4n) is 14.4. The van der Waals surface area contributed by atoms with Gasteiger partial charge >= 0.3 is 12.1 Å². The van der Waals surface area contributed by atoms with Crippen molar-refractivity contribution in [3.63, 3.8) is 0 Å². The molecule has 0 unspecified atom stereocenters. The number of hydrogen-bond donors (Lipinski definition) is 3. The molecule has 3 aliphatic rings. The van der Waals surface area contributed by atoms with E-state index in [9.17, 15) is 37.1 Å². The van der Waals surface area contributed by atoms with E-state index in [1.54, 1.807) is 59.7 Å². The van der Waals surface area contributed by atoms with Crippen LogP contribution in [0.4, 0.5) is 13.2 Å². The van der Waals surface area contributed by atoms with Gasteiger partial charge in [0, 0.05) is 108 Å². The second-order valence-corrected chi connectivity index (χ2v) is 27.0. The van der Waals surface area contributed by atoms with Crippen LogP contribution in [-0.2, 0) is 35.9 Å². The molecule has 15 rings (SSSR count). The zero-order valence-electron chi connectivity index (χ0n) is 58.6. The minimum atomic E-state index is -0.316. The van der Waals surface area contributed by atoms with Crippen LogP contribution in [-0.4, -0.2) is 122 Å². The van der Waals surface area contributed by atoms with Crippen LogP contribution >= 0.6 is 0 Å². The molecule has 9 heterocycles. The summed E-state index contributed by atoms with van der Waals surface area (Å²) in [5.74, 6) is -0.894. The van der Waals surface area contributed by atoms with Crippen LogP contribution in [0.1, 0.15) is 127 Å². The molecule has 0 bridgehead atoms. The molecule has 3 saturated heterocycles. The summed E-state index contributed by atoms with van der Waals surface area (Å²) in [4.78, 5) is 105. The third-order valence-electron chi connectivity index (χ3n) is 20.2. The summed E-state index contributed by atoms with van der Waals surface area (Å²) >= 11 is 0. The second-order valence-electron chi connectivity index (χ2n) is 27.0. The van der Waals surface area contributed by atoms with Crippen molar-refractivity contribution in [2.75, 3.05) is 45.8 Å². The number of fused-ring (bicyclic) bond motifs is 3. The van der Waals surface area contributed by atoms with E-state index in [0.717, 1.165) is 142 Å². The van der Waals surface area contributed by atoms with Crippen LogP contribution in [0.5, 0.6) is 0 Å². The van der Waals surface area contributed by atoms with E-state index in [1.807, 2.05) is 92.4 Å². The number of aromatic nitrogens is 9. The molecule has 534 valence electrons. The number of aryl methyl sites for hydroxylation is 3. The third-order valence-corrected chi connectivity index (χ3v) is 20.2. The number of halogens is 3. The van der Waals surface area contributed by atoms with Gasteiger partial charge in [0.1, 0.15) is 17.5 Å². The lowest BCUT2D eigenvalue weighted by molar-refractivity contribution is -0.194. The highest BCUT2D eigenvalue weighted by Gasteiger charge is 2.35. The first-order valence-electron chi connectivity index (χ1n) is 35.0. The van der Waals surface area contributed by atoms with E-state index in [2.05, 4.69) is 58.3 Å². The first-order chi connectivity index (χ1) is 50.3. The van der Waals surface area contributed by atoms with E-state index in [0.29, 0.717) is 49.5 Å². The third kappa shape index (κ3) is 16.4. The Balaban J connectivity index is 0.000000146. The highest BCUT2D eigenvalue weighted by Crippen LogP contribution is 2.38. The van der Waals surface area contributed by atoms with Gasteiger partial charge in [-0.15, -0.1) is 5.06 Å². The van der Waals surface area contributed by atoms with Crippen molar-refractivity contribution in [3.05, 3.63) is 281 Å². The molecule has 104 heavy (non-hydrogen) atoms. The summed E-state index contributed by atoms with van der Waals surface area (Å²) in [7, 11) is 0. The Morgan fingerprint density at radius 1 is 0.529 bits per heavy atom. The SMILES string of the molecule is CCN1CCC(C)(c2cc(=O)n3[nH]c(C)c(-c4ccc(F)cc4)c3n2)CC1.Cc1[nH]n2c(=O)cc(C3CCN(C(=O)CC(c4ccccc4)c4ccccc4)CC3)nc2c1-c1ccc(F)cc1.Cc1[nH]n2c(=O)cc(C3CCN(OC(=O)Cc4ccccc4)CC3)nc2c1-c1ccc(F)cc1.O=C=O. The van der Waals surface area contributed by atoms with Gasteiger partial charge < -0.3 is 14.6 Å². The zero-order chi connectivity index (χ0) is 73.2. The minimum Gasteiger partial charge on any atom is -0.368 e. The first kappa shape index (κ1) is 72.4. The molecule has 0 saturated carbocycles. The normalized spacial score (nSPS) is 15.0. The van der Waals surface area contributed by atoms with Crippen molar-refractivity contribution in [1.29, 1.82) is 0 Å². The molecule has 1 amide bonds. The number of hydrogen-bond acceptors (Lipinski definition) is 13. The zero-order valence-corrected chi connectivity index (χ0v) is 58.6. The number of aromatic amines is 3. The van der Waals surface area contributed by atoms with Gasteiger partial charge in [0.15, 0.2) is 16.9 Å². The van der Waals surface area contributed by atoms with E-state index < -0.39 is 0 Å². The van der Waals surface area contributed by atoms with E-state index in [1.165, 1.54) is 49.9 Å². The number of carbonyl (C=O) groups excluding carboxylic acids is 4. The van der Waals surface area contributed by atoms with Crippen molar-refractivity contribution in [2.24, 2.45) is 0 Å². The largest absolute Gasteiger partial charge is 0.373 e. The lowest BCUT2D eigenvalue weighted by Gasteiger charge is -2.38. The predicted molar refractivity (Wildman–Crippen MR) is 389 cm³/mol. The molecular weight excluding hydrogens is 1330 g/mol. The molecule has 3 N–H and O–H groups in total. The van der Waals surface area contributed by atoms with Crippen LogP contribution in [0.15, 0.2) is 196 Å². The molecule has 0 aliphatic carbocycles. The summed E-state index contributed by atoms with van der Waals surface area (Å²) in [5.41, 5.74) is 13.9. The number of amides is 1. The molecule has 3 aliphatic heterocycles. The highest BCUT2D eigenvalue weighted by atomic mass is 19.1. The van der Waals surface area contributed by atoms with Gasteiger partial charge in [0.05, 0.1) is 23.5 Å². The molecule has 0 atom stereocenters. The molecule has 0 spiro atoms. The fourth-order valence-corrected chi connectivity index (χ4v) is 14.4. The molecule has 23 heteroatoms. The summed E-state index contributed by atoms with van der Waals surface area (Å²) in [6.45, 7) is 15.5. The number of nitrogens with one attached hydrogen (secondary N) is 3. The monoisotopic (exact) mass is 1410 g/mol. The number of hydroxylamine groups is 2. The average Bonchev–Trinajstić information content (AvgIpc) is 1.58. The number of carbonyl (C=O) groups is 2. The quantitative estimate of drug-likeness (QED) is 0.0919. The maximum absolute atomic E-state index is 13.5. The van der Waals surface area contributed by atoms with Crippen LogP contribution in [0.2, 0.25) is 0 Å². The summed E-state index contributed by atoms with van der Waals surface area (Å²) < 4.78 is 44.7. The standard InChI is InChI=1S/C33H31FN4O2.C26H25FN4O3.C21H25FN4O.CO2/c1-22-32(26-12-14-27(34)15-13-26)33-35-29(21-31(40)38(33)36-22)25-16-18-37(19-17-25)30(39)20-28(23-8-4-2-5-9-23)24-10-6-3-7-11-24;1-17-25(20-7-9-21(27)10-8-20)26-28-22(16-23(32)31(26)29-17)19-11-13-30(14-12-19)34-24(33)15-18-5-3-2-4-6-18;1-4-25-11-9-21(3,10-12-25)17-13-18(27)26-20(23-17)19(14(2)24-26)15-5-7-16(22)8-6-15;2-1-3/h2-15,21,25,28,36H,16-20H2,1H3;2-10,16,19,29H,11-15H2,1H3;5-8,13,24H,4,9-12H2,1-3H3;. The average molecular weight is 1410 g/mol. The van der Waals surface area contributed by atoms with E-state index >= 15 is 0 Å². The minimum absolute atomic E-state index is 0.00143. The number of rotatable bonds is 14. The number of benzene rings is 6. The number of piperidine rings is 3. The topological polar surface area (TPSA) is 238 Å². The smallest absolute Gasteiger partial charge is 0.368 e. The summed E-state index contributed by atoms with van der Waals surface area (Å²) in [6.07, 6.45) is 5.78. The van der Waals surface area contributed by atoms with Crippen LogP contribution in [0.3, 0.4) is 0 Å². The molecule has 12 aromatic rings. The second kappa shape index (κ2) is 32.3. The molecular formula is C81H81F3N12O8. The molecule has 6 aromatic heterocycles. The van der Waals surface area contributed by atoms with Gasteiger partial charge in [-0.2, -0.15) is 9.59 Å². The van der Waals surface area contributed by atoms with Crippen LogP contribution < -0.4 is 16.7 Å². The van der Waals surface area contributed by atoms with Crippen LogP contribution in [0, 0.1) is 38.2 Å². The molecule has 6 aromatic carbocycles. The number of nitrogens with zero attached hydrogens (tertiary/aromatic N) is 9. The Morgan fingerprint density at radius 2 is 0.904 bits per heavy atom. The lowest BCUT2D eigenvalue weighted by Crippen LogP contribution is -2.41. The molecule has 0 radical (unpaired) electrons. The van der Waals surface area contributed by atoms with Crippen molar-refractivity contribution in [2.45, 2.75) is 109 Å². The first-order valence-corrected chi connectivity index (χ1v) is 35.0. The Kier molecular flexibility index (Phi) is 22.5. The summed E-state index contributed by atoms with van der Waals surface area (Å²) in [5, 5.41) is 11.0. The van der Waals surface area contributed by atoms with Crippen molar-refractivity contribution in [1.82, 2.24) is 58.7 Å². The van der Waals surface area contributed by atoms with E-state index in [-0.39, 0.29) is 81.7 Å². The molecule has 20 nitrogen and oxygen atoms in total. The van der Waals surface area contributed by atoms with Gasteiger partial charge in [-0.25, -0.2) is 46.5 Å². The molecule has 3 fully saturated rings. The van der Waals surface area contributed by atoms with Gasteiger partial charge in [0.25, 0.3) is 16.7 Å². The lowest BCUT2D eigenvalue weighted by atomic mass is 9.77. The number of likely N-dealkylation sites (tertiary alicyclic amines) is 2. The Hall–Kier alpha value is -11.4. The van der Waals surface area contributed by atoms with Gasteiger partial charge in [0.2, 0.25) is 5.91 Å². The van der Waals surface area contributed by atoms with Crippen LogP contribution in [0.25, 0.3) is 50.3 Å². The van der Waals surface area contributed by atoms with Gasteiger partial charge in [-0.3, -0.25) is 34.5 Å². The maximum Gasteiger partial charge on any atom is 0.373 e. The summed E-state index contributed by atoms with van der Waals surface area (Å²) in [6, 6.07) is 53.4. The number of H-pyrrole nitrogens is 3. The Morgan fingerprint density at radius 3 is 1.31 bits per heavy atom. The fraction of sp³-hybridized carbons (Fsp3) is 0.296. The van der Waals surface area contributed by atoms with E-state index in [4.69, 9.17) is 29.4 Å². The van der Waals surface area contributed by atoms with Crippen molar-refractivity contribution in [3.8, 4) is 33.4 Å². The van der Waals surface area contributed by atoms with Gasteiger partial charge in [-0.05, 0) is 149 Å². The maximum atomic E-state index is 13.5. The predicted octanol–water partition coefficient (Wildman–Crippen LogP) is 13.0. The highest BCUT2D eigenvalue weighted by molar-refractivity contribution is 5.82. The Bertz CT molecular complexity index is 5160. The Labute approximate surface area is 597 Å². The van der Waals surface area contributed by atoms with Crippen molar-refractivity contribution < 1.29 is 37.2 Å². The van der Waals surface area contributed by atoms with Crippen molar-refractivity contribution >= 4 is 35.0 Å². The van der Waals surface area contributed by atoms with Gasteiger partial charge in [-0.1, -0.05) is 141 Å².